The first-order chi connectivity index (χ1) is 6.50. The molecule has 14 heavy (non-hydrogen) atoms. The number of anilines is 1. The van der Waals surface area contributed by atoms with Crippen LogP contribution in [0.15, 0.2) is 6.20 Å². The quantitative estimate of drug-likeness (QED) is 0.616. The summed E-state index contributed by atoms with van der Waals surface area (Å²) in [6, 6.07) is 0. The van der Waals surface area contributed by atoms with Crippen molar-refractivity contribution in [2.75, 3.05) is 18.6 Å². The number of likely N-dealkylation sites (N-methyl/N-ethyl adjacent to an activating group) is 1. The van der Waals surface area contributed by atoms with Crippen LogP contribution in [0.2, 0.25) is 5.28 Å². The molecule has 76 valence electrons. The van der Waals surface area contributed by atoms with Gasteiger partial charge < -0.3 is 9.64 Å². The van der Waals surface area contributed by atoms with E-state index in [1.54, 1.807) is 6.20 Å². The highest BCUT2D eigenvalue weighted by Crippen LogP contribution is 2.34. The third-order valence-electron chi connectivity index (χ3n) is 2.51. The molecule has 2 rings (SSSR count). The second kappa shape index (κ2) is 2.98. The molecular weight excluding hydrogens is 202 g/mol. The monoisotopic (exact) mass is 213 g/mol. The van der Waals surface area contributed by atoms with Gasteiger partial charge in [0.05, 0.1) is 11.7 Å². The maximum Gasteiger partial charge on any atom is 0.224 e. The maximum atomic E-state index is 5.73. The molecular formula is C9H12ClN3O. The number of fused-ring (bicyclic) bond motifs is 1. The van der Waals surface area contributed by atoms with Gasteiger partial charge in [0.15, 0.2) is 11.6 Å². The van der Waals surface area contributed by atoms with Gasteiger partial charge in [0.1, 0.15) is 6.61 Å². The number of nitrogens with zero attached hydrogens (tertiary/aromatic N) is 3. The molecule has 0 N–H and O–H groups in total. The van der Waals surface area contributed by atoms with E-state index in [0.717, 1.165) is 5.82 Å². The van der Waals surface area contributed by atoms with E-state index < -0.39 is 0 Å². The van der Waals surface area contributed by atoms with Crippen molar-refractivity contribution < 1.29 is 4.74 Å². The first kappa shape index (κ1) is 9.52. The molecule has 1 aromatic heterocycles. The summed E-state index contributed by atoms with van der Waals surface area (Å²) in [4.78, 5) is 10.1. The van der Waals surface area contributed by atoms with Gasteiger partial charge in [-0.2, -0.15) is 4.98 Å². The van der Waals surface area contributed by atoms with Gasteiger partial charge in [-0.05, 0) is 25.4 Å². The summed E-state index contributed by atoms with van der Waals surface area (Å²) in [6.45, 7) is 4.80. The molecule has 0 spiro atoms. The second-order valence-electron chi connectivity index (χ2n) is 3.99. The average Bonchev–Trinajstić information content (AvgIpc) is 2.13. The van der Waals surface area contributed by atoms with Crippen molar-refractivity contribution in [3.8, 4) is 5.75 Å². The normalized spacial score (nSPS) is 18.7. The molecule has 5 heteroatoms. The minimum Gasteiger partial charge on any atom is -0.486 e. The molecule has 0 aliphatic carbocycles. The molecule has 0 aromatic carbocycles. The number of hydrogen-bond donors (Lipinski definition) is 0. The van der Waals surface area contributed by atoms with Crippen LogP contribution < -0.4 is 9.64 Å². The molecule has 0 bridgehead atoms. The van der Waals surface area contributed by atoms with Gasteiger partial charge in [0.25, 0.3) is 0 Å². The topological polar surface area (TPSA) is 38.2 Å². The molecule has 1 aliphatic heterocycles. The standard InChI is InChI=1S/C9H12ClN3O/c1-9(2)5-14-6-4-11-8(10)12-7(6)13(9)3/h4H,5H2,1-3H3. The number of rotatable bonds is 0. The van der Waals surface area contributed by atoms with Gasteiger partial charge >= 0.3 is 0 Å². The van der Waals surface area contributed by atoms with Gasteiger partial charge in [-0.1, -0.05) is 0 Å². The first-order valence-electron chi connectivity index (χ1n) is 4.40. The molecule has 0 amide bonds. The predicted molar refractivity (Wildman–Crippen MR) is 55.0 cm³/mol. The Labute approximate surface area is 87.9 Å². The van der Waals surface area contributed by atoms with Crippen LogP contribution in [0.25, 0.3) is 0 Å². The van der Waals surface area contributed by atoms with E-state index in [9.17, 15) is 0 Å². The van der Waals surface area contributed by atoms with E-state index in [4.69, 9.17) is 16.3 Å². The second-order valence-corrected chi connectivity index (χ2v) is 4.33. The van der Waals surface area contributed by atoms with Crippen LogP contribution in [0.1, 0.15) is 13.8 Å². The lowest BCUT2D eigenvalue weighted by molar-refractivity contribution is 0.215. The zero-order valence-corrected chi connectivity index (χ0v) is 9.17. The zero-order valence-electron chi connectivity index (χ0n) is 8.41. The molecule has 4 nitrogen and oxygen atoms in total. The summed E-state index contributed by atoms with van der Waals surface area (Å²) in [5.41, 5.74) is -0.0648. The van der Waals surface area contributed by atoms with E-state index in [0.29, 0.717) is 12.4 Å². The van der Waals surface area contributed by atoms with Crippen LogP contribution in [0.5, 0.6) is 5.75 Å². The van der Waals surface area contributed by atoms with E-state index in [-0.39, 0.29) is 10.8 Å². The predicted octanol–water partition coefficient (Wildman–Crippen LogP) is 1.74. The SMILES string of the molecule is CN1c2nc(Cl)ncc2OCC1(C)C. The van der Waals surface area contributed by atoms with E-state index in [1.807, 2.05) is 7.05 Å². The van der Waals surface area contributed by atoms with Gasteiger partial charge in [-0.25, -0.2) is 4.98 Å². The molecule has 0 saturated heterocycles. The highest BCUT2D eigenvalue weighted by molar-refractivity contribution is 6.28. The van der Waals surface area contributed by atoms with E-state index in [1.165, 1.54) is 0 Å². The Bertz CT molecular complexity index is 367. The van der Waals surface area contributed by atoms with Crippen molar-refractivity contribution in [2.45, 2.75) is 19.4 Å². The van der Waals surface area contributed by atoms with Crippen molar-refractivity contribution in [1.29, 1.82) is 0 Å². The zero-order chi connectivity index (χ0) is 10.3. The van der Waals surface area contributed by atoms with Crippen molar-refractivity contribution in [2.24, 2.45) is 0 Å². The lowest BCUT2D eigenvalue weighted by Gasteiger charge is -2.40. The molecule has 0 fully saturated rings. The summed E-state index contributed by atoms with van der Waals surface area (Å²) < 4.78 is 5.54. The fourth-order valence-corrected chi connectivity index (χ4v) is 1.45. The number of ether oxygens (including phenoxy) is 1. The fraction of sp³-hybridized carbons (Fsp3) is 0.556. The average molecular weight is 214 g/mol. The van der Waals surface area contributed by atoms with Crippen molar-refractivity contribution in [1.82, 2.24) is 9.97 Å². The number of halogens is 1. The van der Waals surface area contributed by atoms with Crippen molar-refractivity contribution in [3.63, 3.8) is 0 Å². The first-order valence-corrected chi connectivity index (χ1v) is 4.78. The molecule has 1 aromatic rings. The minimum atomic E-state index is -0.0648. The third kappa shape index (κ3) is 1.39. The highest BCUT2D eigenvalue weighted by atomic mass is 35.5. The molecule has 0 atom stereocenters. The Hall–Kier alpha value is -1.03. The number of aromatic nitrogens is 2. The maximum absolute atomic E-state index is 5.73. The molecule has 1 aliphatic rings. The Morgan fingerprint density at radius 3 is 3.00 bits per heavy atom. The van der Waals surface area contributed by atoms with Crippen molar-refractivity contribution in [3.05, 3.63) is 11.5 Å². The van der Waals surface area contributed by atoms with Crippen LogP contribution in [0.3, 0.4) is 0 Å². The summed E-state index contributed by atoms with van der Waals surface area (Å²) >= 11 is 5.73. The van der Waals surface area contributed by atoms with Gasteiger partial charge in [0, 0.05) is 7.05 Å². The van der Waals surface area contributed by atoms with Crippen LogP contribution in [0.4, 0.5) is 5.82 Å². The molecule has 0 radical (unpaired) electrons. The fourth-order valence-electron chi connectivity index (χ4n) is 1.32. The molecule has 2 heterocycles. The number of hydrogen-bond acceptors (Lipinski definition) is 4. The Balaban J connectivity index is 2.48. The lowest BCUT2D eigenvalue weighted by atomic mass is 10.0. The Morgan fingerprint density at radius 1 is 1.57 bits per heavy atom. The van der Waals surface area contributed by atoms with Crippen molar-refractivity contribution >= 4 is 17.4 Å². The largest absolute Gasteiger partial charge is 0.486 e. The van der Waals surface area contributed by atoms with Gasteiger partial charge in [0.2, 0.25) is 5.28 Å². The smallest absolute Gasteiger partial charge is 0.224 e. The highest BCUT2D eigenvalue weighted by Gasteiger charge is 2.32. The third-order valence-corrected chi connectivity index (χ3v) is 2.70. The summed E-state index contributed by atoms with van der Waals surface area (Å²) in [7, 11) is 1.98. The lowest BCUT2D eigenvalue weighted by Crippen LogP contribution is -2.49. The van der Waals surface area contributed by atoms with Crippen LogP contribution >= 0.6 is 11.6 Å². The van der Waals surface area contributed by atoms with Gasteiger partial charge in [-0.3, -0.25) is 0 Å². The summed E-state index contributed by atoms with van der Waals surface area (Å²) in [5, 5.41) is 0.247. The minimum absolute atomic E-state index is 0.0648. The van der Waals surface area contributed by atoms with E-state index in [2.05, 4.69) is 28.7 Å². The van der Waals surface area contributed by atoms with Crippen LogP contribution in [-0.4, -0.2) is 29.2 Å². The molecule has 0 saturated carbocycles. The van der Waals surface area contributed by atoms with Gasteiger partial charge in [-0.15, -0.1) is 0 Å². The Morgan fingerprint density at radius 2 is 2.29 bits per heavy atom. The Kier molecular flexibility index (Phi) is 2.03. The van der Waals surface area contributed by atoms with E-state index >= 15 is 0 Å². The summed E-state index contributed by atoms with van der Waals surface area (Å²) in [6.07, 6.45) is 1.61. The van der Waals surface area contributed by atoms with Crippen LogP contribution in [-0.2, 0) is 0 Å². The molecule has 0 unspecified atom stereocenters. The van der Waals surface area contributed by atoms with Crippen LogP contribution in [0, 0.1) is 0 Å². The summed E-state index contributed by atoms with van der Waals surface area (Å²) in [5.74, 6) is 1.44.